The molecule has 0 atom stereocenters. The van der Waals surface area contributed by atoms with Gasteiger partial charge in [0.25, 0.3) is 5.91 Å². The minimum Gasteiger partial charge on any atom is -0.490 e. The van der Waals surface area contributed by atoms with Gasteiger partial charge in [0.2, 0.25) is 0 Å². The summed E-state index contributed by atoms with van der Waals surface area (Å²) in [5.41, 5.74) is 0.619. The van der Waals surface area contributed by atoms with Crippen molar-refractivity contribution in [1.29, 1.82) is 5.26 Å². The zero-order valence-corrected chi connectivity index (χ0v) is 19.2. The van der Waals surface area contributed by atoms with Crippen molar-refractivity contribution in [3.05, 3.63) is 31.6 Å². The summed E-state index contributed by atoms with van der Waals surface area (Å²) in [4.78, 5) is 23.2. The first kappa shape index (κ1) is 22.9. The number of nitrogens with zero attached hydrogens (tertiary/aromatic N) is 3. The molecule has 1 amide bonds. The number of hydrogen-bond acceptors (Lipinski definition) is 9. The lowest BCUT2D eigenvalue weighted by molar-refractivity contribution is -0.135. The smallest absolute Gasteiger partial charge is 0.331 e. The van der Waals surface area contributed by atoms with E-state index in [0.29, 0.717) is 32.6 Å². The van der Waals surface area contributed by atoms with Crippen LogP contribution in [0.5, 0.6) is 11.5 Å². The van der Waals surface area contributed by atoms with Gasteiger partial charge in [0.15, 0.2) is 23.3 Å². The Balaban J connectivity index is 2.25. The molecule has 0 aromatic heterocycles. The number of thioether (sulfide) groups is 1. The highest BCUT2D eigenvalue weighted by molar-refractivity contribution is 9.13. The monoisotopic (exact) mass is 544 g/mol. The van der Waals surface area contributed by atoms with Gasteiger partial charge in [-0.15, -0.1) is 5.10 Å². The summed E-state index contributed by atoms with van der Waals surface area (Å²) in [6.07, 6.45) is 2.53. The molecule has 29 heavy (non-hydrogen) atoms. The third-order valence-corrected chi connectivity index (χ3v) is 6.23. The third kappa shape index (κ3) is 6.06. The number of halogens is 2. The summed E-state index contributed by atoms with van der Waals surface area (Å²) in [5, 5.41) is 19.4. The molecule has 12 heteroatoms. The molecule has 1 fully saturated rings. The second-order valence-corrected chi connectivity index (χ2v) is 7.66. The van der Waals surface area contributed by atoms with Crippen LogP contribution in [0.15, 0.2) is 36.2 Å². The van der Waals surface area contributed by atoms with Gasteiger partial charge < -0.3 is 14.2 Å². The molecule has 9 nitrogen and oxygen atoms in total. The molecule has 2 rings (SSSR count). The Morgan fingerprint density at radius 3 is 2.79 bits per heavy atom. The molecule has 1 heterocycles. The van der Waals surface area contributed by atoms with Crippen molar-refractivity contribution in [1.82, 2.24) is 5.32 Å². The van der Waals surface area contributed by atoms with Crippen LogP contribution in [-0.2, 0) is 14.3 Å². The number of rotatable bonds is 7. The number of amides is 1. The molecule has 1 N–H and O–H groups in total. The Morgan fingerprint density at radius 1 is 1.38 bits per heavy atom. The lowest BCUT2D eigenvalue weighted by atomic mass is 10.2. The van der Waals surface area contributed by atoms with Crippen molar-refractivity contribution in [2.45, 2.75) is 6.92 Å². The fraction of sp³-hybridized carbons (Fsp3) is 0.235. The second-order valence-electron chi connectivity index (χ2n) is 5.04. The number of esters is 1. The summed E-state index contributed by atoms with van der Waals surface area (Å²) in [5.74, 6) is -0.280. The Morgan fingerprint density at radius 2 is 2.14 bits per heavy atom. The average Bonchev–Trinajstić information content (AvgIpc) is 3.04. The maximum absolute atomic E-state index is 11.8. The minimum absolute atomic E-state index is 0.134. The van der Waals surface area contributed by atoms with Crippen LogP contribution in [0.4, 0.5) is 0 Å². The summed E-state index contributed by atoms with van der Waals surface area (Å²) >= 11 is 7.82. The maximum atomic E-state index is 11.8. The SMILES string of the molecule is CCOc1cc(C=N/N=C2/NC(=O)/C(=C\C(=O)OC)S2)c(Br)c(Br)c1OCC#N. The van der Waals surface area contributed by atoms with E-state index < -0.39 is 11.9 Å². The quantitative estimate of drug-likeness (QED) is 0.242. The molecule has 1 aromatic carbocycles. The van der Waals surface area contributed by atoms with E-state index in [-0.39, 0.29) is 16.7 Å². The average molecular weight is 546 g/mol. The second kappa shape index (κ2) is 11.0. The number of ether oxygens (including phenoxy) is 3. The fourth-order valence-electron chi connectivity index (χ4n) is 1.98. The Bertz CT molecular complexity index is 956. The number of carbonyl (C=O) groups is 2. The van der Waals surface area contributed by atoms with Crippen molar-refractivity contribution in [3.8, 4) is 17.6 Å². The van der Waals surface area contributed by atoms with Crippen molar-refractivity contribution in [3.63, 3.8) is 0 Å². The van der Waals surface area contributed by atoms with Crippen LogP contribution in [0.2, 0.25) is 0 Å². The molecule has 1 aromatic rings. The van der Waals surface area contributed by atoms with Gasteiger partial charge in [0.05, 0.1) is 29.3 Å². The predicted molar refractivity (Wildman–Crippen MR) is 115 cm³/mol. The van der Waals surface area contributed by atoms with E-state index in [2.05, 4.69) is 52.1 Å². The van der Waals surface area contributed by atoms with Crippen LogP contribution in [-0.4, -0.2) is 43.6 Å². The van der Waals surface area contributed by atoms with Crippen LogP contribution in [0.1, 0.15) is 12.5 Å². The molecule has 0 radical (unpaired) electrons. The van der Waals surface area contributed by atoms with E-state index in [1.54, 1.807) is 6.07 Å². The molecule has 0 bridgehead atoms. The van der Waals surface area contributed by atoms with Gasteiger partial charge >= 0.3 is 5.97 Å². The highest BCUT2D eigenvalue weighted by Gasteiger charge is 2.25. The minimum atomic E-state index is -0.636. The number of methoxy groups -OCH3 is 1. The van der Waals surface area contributed by atoms with E-state index in [4.69, 9.17) is 14.7 Å². The van der Waals surface area contributed by atoms with E-state index >= 15 is 0 Å². The zero-order valence-electron chi connectivity index (χ0n) is 15.2. The summed E-state index contributed by atoms with van der Waals surface area (Å²) in [6.45, 7) is 2.08. The molecule has 0 aliphatic carbocycles. The predicted octanol–water partition coefficient (Wildman–Crippen LogP) is 3.12. The van der Waals surface area contributed by atoms with Crippen LogP contribution in [0.3, 0.4) is 0 Å². The first-order valence-electron chi connectivity index (χ1n) is 7.95. The summed E-state index contributed by atoms with van der Waals surface area (Å²) < 4.78 is 16.7. The largest absolute Gasteiger partial charge is 0.490 e. The van der Waals surface area contributed by atoms with Gasteiger partial charge in [-0.1, -0.05) is 0 Å². The molecule has 1 aliphatic heterocycles. The normalized spacial score (nSPS) is 16.2. The standard InChI is InChI=1S/C17H14Br2N4O5S/c1-3-27-10-6-9(13(18)14(19)15(10)28-5-4-20)8-21-23-17-22-16(25)11(29-17)7-12(24)26-2/h6-8H,3,5H2,1-2H3,(H,22,23,25)/b11-7+,21-8?. The van der Waals surface area contributed by atoms with E-state index in [1.165, 1.54) is 13.3 Å². The Kier molecular flexibility index (Phi) is 8.69. The van der Waals surface area contributed by atoms with Gasteiger partial charge in [-0.25, -0.2) is 4.79 Å². The summed E-state index contributed by atoms with van der Waals surface area (Å²) in [7, 11) is 1.22. The highest BCUT2D eigenvalue weighted by atomic mass is 79.9. The van der Waals surface area contributed by atoms with Crippen molar-refractivity contribution in [2.24, 2.45) is 10.2 Å². The maximum Gasteiger partial charge on any atom is 0.331 e. The molecule has 0 saturated carbocycles. The van der Waals surface area contributed by atoms with Crippen LogP contribution >= 0.6 is 43.6 Å². The number of hydrogen-bond donors (Lipinski definition) is 1. The van der Waals surface area contributed by atoms with E-state index in [1.807, 2.05) is 13.0 Å². The van der Waals surface area contributed by atoms with Gasteiger partial charge in [-0.05, 0) is 56.6 Å². The number of carbonyl (C=O) groups excluding carboxylic acids is 2. The zero-order chi connectivity index (χ0) is 21.4. The first-order chi connectivity index (χ1) is 13.9. The van der Waals surface area contributed by atoms with Gasteiger partial charge in [0.1, 0.15) is 6.07 Å². The molecular weight excluding hydrogens is 532 g/mol. The number of amidine groups is 1. The fourth-order valence-corrected chi connectivity index (χ4v) is 3.66. The molecule has 0 spiro atoms. The third-order valence-electron chi connectivity index (χ3n) is 3.18. The van der Waals surface area contributed by atoms with Gasteiger partial charge in [0, 0.05) is 16.1 Å². The molecule has 0 unspecified atom stereocenters. The molecular formula is C17H14Br2N4O5S. The topological polar surface area (TPSA) is 122 Å². The van der Waals surface area contributed by atoms with Crippen LogP contribution in [0, 0.1) is 11.3 Å². The van der Waals surface area contributed by atoms with Crippen molar-refractivity contribution < 1.29 is 23.8 Å². The molecule has 1 aliphatic rings. The first-order valence-corrected chi connectivity index (χ1v) is 10.4. The van der Waals surface area contributed by atoms with Crippen LogP contribution < -0.4 is 14.8 Å². The lowest BCUT2D eigenvalue weighted by Crippen LogP contribution is -2.19. The van der Waals surface area contributed by atoms with Gasteiger partial charge in [-0.2, -0.15) is 10.4 Å². The lowest BCUT2D eigenvalue weighted by Gasteiger charge is -2.14. The Labute approximate surface area is 187 Å². The van der Waals surface area contributed by atoms with Crippen molar-refractivity contribution in [2.75, 3.05) is 20.3 Å². The molecule has 1 saturated heterocycles. The Hall–Kier alpha value is -2.36. The molecule has 152 valence electrons. The van der Waals surface area contributed by atoms with E-state index in [9.17, 15) is 9.59 Å². The highest BCUT2D eigenvalue weighted by Crippen LogP contribution is 2.42. The number of nitrogens with one attached hydrogen (secondary N) is 1. The summed E-state index contributed by atoms with van der Waals surface area (Å²) in [6, 6.07) is 3.58. The number of nitriles is 1. The number of benzene rings is 1. The van der Waals surface area contributed by atoms with Crippen LogP contribution in [0.25, 0.3) is 0 Å². The van der Waals surface area contributed by atoms with Gasteiger partial charge in [-0.3, -0.25) is 10.1 Å². The van der Waals surface area contributed by atoms with E-state index in [0.717, 1.165) is 17.8 Å². The van der Waals surface area contributed by atoms with Crippen molar-refractivity contribution >= 4 is 66.9 Å².